The van der Waals surface area contributed by atoms with Gasteiger partial charge in [0, 0.05) is 35.4 Å². The minimum atomic E-state index is -3.62. The summed E-state index contributed by atoms with van der Waals surface area (Å²) in [7, 11) is -1.86. The Hall–Kier alpha value is -3.47. The Morgan fingerprint density at radius 3 is 2.60 bits per heavy atom. The zero-order valence-electron chi connectivity index (χ0n) is 19.1. The minimum absolute atomic E-state index is 0.0606. The molecule has 0 radical (unpaired) electrons. The molecule has 4 aromatic rings. The number of aryl methyl sites for hydroxylation is 1. The first-order valence-corrected chi connectivity index (χ1v) is 13.2. The summed E-state index contributed by atoms with van der Waals surface area (Å²) in [5.74, 6) is 0.665. The zero-order valence-corrected chi connectivity index (χ0v) is 20.7. The summed E-state index contributed by atoms with van der Waals surface area (Å²) in [5.41, 5.74) is 3.19. The molecule has 1 aliphatic heterocycles. The van der Waals surface area contributed by atoms with Gasteiger partial charge in [0.15, 0.2) is 0 Å². The molecule has 0 aliphatic carbocycles. The Bertz CT molecular complexity index is 1510. The number of hydrogen-bond donors (Lipinski definition) is 1. The molecule has 0 spiro atoms. The third kappa shape index (κ3) is 4.72. The number of carbonyl (C=O) groups excluding carboxylic acids is 1. The Morgan fingerprint density at radius 2 is 1.80 bits per heavy atom. The average Bonchev–Trinajstić information content (AvgIpc) is 3.29. The van der Waals surface area contributed by atoms with E-state index in [4.69, 9.17) is 4.52 Å². The predicted octanol–water partition coefficient (Wildman–Crippen LogP) is 4.31. The van der Waals surface area contributed by atoms with Gasteiger partial charge in [0.1, 0.15) is 0 Å². The molecule has 0 atom stereocenters. The van der Waals surface area contributed by atoms with Crippen LogP contribution < -0.4 is 9.62 Å². The van der Waals surface area contributed by atoms with Gasteiger partial charge in [-0.15, -0.1) is 0 Å². The van der Waals surface area contributed by atoms with Crippen molar-refractivity contribution < 1.29 is 17.7 Å². The Balaban J connectivity index is 1.31. The summed E-state index contributed by atoms with van der Waals surface area (Å²) in [4.78, 5) is 20.9. The quantitative estimate of drug-likeness (QED) is 0.415. The van der Waals surface area contributed by atoms with Crippen LogP contribution in [-0.4, -0.2) is 38.1 Å². The van der Waals surface area contributed by atoms with Crippen molar-refractivity contribution in [2.45, 2.75) is 28.0 Å². The van der Waals surface area contributed by atoms with E-state index in [9.17, 15) is 13.2 Å². The second-order valence-electron chi connectivity index (χ2n) is 8.12. The standard InChI is InChI=1S/C25H22N4O4S2/c1-16-7-10-18(11-8-16)35(31,32)26-14-13-23-27-24(28-33-23)17-9-12-20-22(15-17)34-21-6-4-3-5-19(21)25(30)29(20)2/h3-12,15,26H,13-14H2,1-2H3. The van der Waals surface area contributed by atoms with Crippen molar-refractivity contribution in [2.75, 3.05) is 18.5 Å². The van der Waals surface area contributed by atoms with Crippen molar-refractivity contribution >= 4 is 33.4 Å². The van der Waals surface area contributed by atoms with Crippen LogP contribution in [0.1, 0.15) is 21.8 Å². The van der Waals surface area contributed by atoms with Gasteiger partial charge >= 0.3 is 0 Å². The van der Waals surface area contributed by atoms with E-state index in [1.165, 1.54) is 11.8 Å². The average molecular weight is 507 g/mol. The maximum atomic E-state index is 12.9. The highest BCUT2D eigenvalue weighted by Gasteiger charge is 2.25. The van der Waals surface area contributed by atoms with E-state index < -0.39 is 10.0 Å². The third-order valence-corrected chi connectivity index (χ3v) is 8.25. The van der Waals surface area contributed by atoms with Gasteiger partial charge in [-0.05, 0) is 49.4 Å². The normalized spacial score (nSPS) is 13.3. The fourth-order valence-corrected chi connectivity index (χ4v) is 5.90. The Morgan fingerprint density at radius 1 is 1.03 bits per heavy atom. The SMILES string of the molecule is Cc1ccc(S(=O)(=O)NCCc2nc(-c3ccc4c(c3)Sc3ccccc3C(=O)N4C)no2)cc1. The van der Waals surface area contributed by atoms with Gasteiger partial charge in [-0.25, -0.2) is 13.1 Å². The molecule has 0 bridgehead atoms. The van der Waals surface area contributed by atoms with E-state index in [1.54, 1.807) is 36.2 Å². The first-order chi connectivity index (χ1) is 16.8. The van der Waals surface area contributed by atoms with Gasteiger partial charge in [-0.3, -0.25) is 4.79 Å². The second-order valence-corrected chi connectivity index (χ2v) is 11.0. The van der Waals surface area contributed by atoms with E-state index in [0.29, 0.717) is 17.3 Å². The summed E-state index contributed by atoms with van der Waals surface area (Å²) in [6.07, 6.45) is 0.252. The largest absolute Gasteiger partial charge is 0.339 e. The molecule has 0 saturated heterocycles. The van der Waals surface area contributed by atoms with Crippen LogP contribution in [0.3, 0.4) is 0 Å². The number of nitrogens with one attached hydrogen (secondary N) is 1. The van der Waals surface area contributed by atoms with Crippen LogP contribution in [0.2, 0.25) is 0 Å². The lowest BCUT2D eigenvalue weighted by atomic mass is 10.1. The topological polar surface area (TPSA) is 105 Å². The van der Waals surface area contributed by atoms with Gasteiger partial charge in [0.25, 0.3) is 5.91 Å². The van der Waals surface area contributed by atoms with Crippen molar-refractivity contribution in [2.24, 2.45) is 0 Å². The number of hydrogen-bond acceptors (Lipinski definition) is 7. The van der Waals surface area contributed by atoms with E-state index in [2.05, 4.69) is 14.9 Å². The van der Waals surface area contributed by atoms with Crippen LogP contribution in [0.4, 0.5) is 5.69 Å². The van der Waals surface area contributed by atoms with Crippen molar-refractivity contribution in [3.05, 3.63) is 83.7 Å². The lowest BCUT2D eigenvalue weighted by molar-refractivity contribution is 0.0990. The molecule has 8 nitrogen and oxygen atoms in total. The molecule has 35 heavy (non-hydrogen) atoms. The number of amides is 1. The fourth-order valence-electron chi connectivity index (χ4n) is 3.72. The number of aromatic nitrogens is 2. The van der Waals surface area contributed by atoms with Crippen LogP contribution in [0, 0.1) is 6.92 Å². The van der Waals surface area contributed by atoms with Crippen molar-refractivity contribution in [1.82, 2.24) is 14.9 Å². The van der Waals surface area contributed by atoms with Gasteiger partial charge in [-0.1, -0.05) is 46.7 Å². The number of anilines is 1. The number of benzene rings is 3. The maximum Gasteiger partial charge on any atom is 0.259 e. The lowest BCUT2D eigenvalue weighted by Gasteiger charge is -2.17. The molecule has 178 valence electrons. The highest BCUT2D eigenvalue weighted by Crippen LogP contribution is 2.42. The number of fused-ring (bicyclic) bond motifs is 2. The predicted molar refractivity (Wildman–Crippen MR) is 133 cm³/mol. The summed E-state index contributed by atoms with van der Waals surface area (Å²) >= 11 is 1.52. The van der Waals surface area contributed by atoms with Gasteiger partial charge in [0.2, 0.25) is 21.7 Å². The summed E-state index contributed by atoms with van der Waals surface area (Å²) in [6.45, 7) is 2.03. The third-order valence-electron chi connectivity index (χ3n) is 5.65. The van der Waals surface area contributed by atoms with Crippen LogP contribution in [0.15, 0.2) is 85.9 Å². The molecule has 10 heteroatoms. The molecule has 1 amide bonds. The van der Waals surface area contributed by atoms with Crippen LogP contribution in [-0.2, 0) is 16.4 Å². The summed E-state index contributed by atoms with van der Waals surface area (Å²) in [5, 5.41) is 4.07. The highest BCUT2D eigenvalue weighted by molar-refractivity contribution is 7.99. The number of nitrogens with zero attached hydrogens (tertiary/aromatic N) is 3. The first-order valence-electron chi connectivity index (χ1n) is 10.9. The van der Waals surface area contributed by atoms with Crippen LogP contribution >= 0.6 is 11.8 Å². The van der Waals surface area contributed by atoms with Crippen LogP contribution in [0.5, 0.6) is 0 Å². The molecule has 3 aromatic carbocycles. The zero-order chi connectivity index (χ0) is 24.6. The molecule has 0 saturated carbocycles. The maximum absolute atomic E-state index is 12.9. The fraction of sp³-hybridized carbons (Fsp3) is 0.160. The molecule has 2 heterocycles. The summed E-state index contributed by atoms with van der Waals surface area (Å²) in [6, 6.07) is 19.8. The molecule has 5 rings (SSSR count). The van der Waals surface area contributed by atoms with Gasteiger partial charge < -0.3 is 9.42 Å². The second kappa shape index (κ2) is 9.29. The van der Waals surface area contributed by atoms with Gasteiger partial charge in [0.05, 0.1) is 16.1 Å². The van der Waals surface area contributed by atoms with Crippen molar-refractivity contribution in [3.8, 4) is 11.4 Å². The van der Waals surface area contributed by atoms with E-state index in [1.807, 2.05) is 49.4 Å². The van der Waals surface area contributed by atoms with Crippen molar-refractivity contribution in [1.29, 1.82) is 0 Å². The smallest absolute Gasteiger partial charge is 0.259 e. The molecule has 1 aliphatic rings. The number of carbonyl (C=O) groups is 1. The molecular formula is C25H22N4O4S2. The Labute approximate surface area is 207 Å². The molecule has 1 N–H and O–H groups in total. The lowest BCUT2D eigenvalue weighted by Crippen LogP contribution is -2.26. The van der Waals surface area contributed by atoms with E-state index >= 15 is 0 Å². The Kier molecular flexibility index (Phi) is 6.18. The molecule has 0 unspecified atom stereocenters. The van der Waals surface area contributed by atoms with Crippen LogP contribution in [0.25, 0.3) is 11.4 Å². The molecule has 0 fully saturated rings. The minimum Gasteiger partial charge on any atom is -0.339 e. The molecule has 1 aromatic heterocycles. The van der Waals surface area contributed by atoms with Gasteiger partial charge in [-0.2, -0.15) is 4.98 Å². The number of sulfonamides is 1. The van der Waals surface area contributed by atoms with E-state index in [0.717, 1.165) is 26.6 Å². The number of rotatable bonds is 6. The highest BCUT2D eigenvalue weighted by atomic mass is 32.2. The summed E-state index contributed by atoms with van der Waals surface area (Å²) < 4.78 is 32.8. The van der Waals surface area contributed by atoms with E-state index in [-0.39, 0.29) is 23.8 Å². The molecular weight excluding hydrogens is 484 g/mol. The van der Waals surface area contributed by atoms with Crippen molar-refractivity contribution in [3.63, 3.8) is 0 Å². The monoisotopic (exact) mass is 506 g/mol. The first kappa shape index (κ1) is 23.3.